The van der Waals surface area contributed by atoms with E-state index in [9.17, 15) is 9.90 Å². The van der Waals surface area contributed by atoms with Crippen LogP contribution in [-0.4, -0.2) is 35.4 Å². The van der Waals surface area contributed by atoms with Crippen molar-refractivity contribution in [2.75, 3.05) is 23.8 Å². The van der Waals surface area contributed by atoms with Crippen LogP contribution in [0.5, 0.6) is 0 Å². The number of rotatable bonds is 6. The lowest BCUT2D eigenvalue weighted by molar-refractivity contribution is 0.102. The molecule has 0 heterocycles. The second-order valence-electron chi connectivity index (χ2n) is 5.57. The lowest BCUT2D eigenvalue weighted by Gasteiger charge is -2.14. The predicted molar refractivity (Wildman–Crippen MR) is 91.9 cm³/mol. The Morgan fingerprint density at radius 1 is 1.13 bits per heavy atom. The van der Waals surface area contributed by atoms with Crippen LogP contribution in [0.4, 0.5) is 11.4 Å². The molecule has 0 aliphatic rings. The summed E-state index contributed by atoms with van der Waals surface area (Å²) < 4.78 is 0. The summed E-state index contributed by atoms with van der Waals surface area (Å²) in [7, 11) is 0. The molecule has 0 saturated carbocycles. The van der Waals surface area contributed by atoms with E-state index in [1.807, 2.05) is 44.2 Å². The Morgan fingerprint density at radius 2 is 1.83 bits per heavy atom. The molecular weight excluding hydrogens is 292 g/mol. The third kappa shape index (κ3) is 4.81. The highest BCUT2D eigenvalue weighted by atomic mass is 16.3. The van der Waals surface area contributed by atoms with Gasteiger partial charge in [0.2, 0.25) is 0 Å². The van der Waals surface area contributed by atoms with Gasteiger partial charge < -0.3 is 20.8 Å². The zero-order valence-corrected chi connectivity index (χ0v) is 13.3. The van der Waals surface area contributed by atoms with Crippen molar-refractivity contribution < 1.29 is 15.0 Å². The van der Waals surface area contributed by atoms with E-state index in [0.717, 1.165) is 16.8 Å². The fraction of sp³-hybridized carbons (Fsp3) is 0.278. The Bertz CT molecular complexity index is 668. The maximum absolute atomic E-state index is 12.3. The van der Waals surface area contributed by atoms with Crippen LogP contribution in [0.15, 0.2) is 42.5 Å². The lowest BCUT2D eigenvalue weighted by Crippen LogP contribution is -2.23. The molecule has 2 rings (SSSR count). The van der Waals surface area contributed by atoms with Gasteiger partial charge in [0, 0.05) is 23.5 Å². The normalized spacial score (nSPS) is 11.8. The smallest absolute Gasteiger partial charge is 0.255 e. The van der Waals surface area contributed by atoms with Gasteiger partial charge in [-0.3, -0.25) is 4.79 Å². The molecule has 0 radical (unpaired) electrons. The summed E-state index contributed by atoms with van der Waals surface area (Å²) in [6.45, 7) is 3.83. The van der Waals surface area contributed by atoms with Gasteiger partial charge in [0.1, 0.15) is 0 Å². The Morgan fingerprint density at radius 3 is 2.48 bits per heavy atom. The van der Waals surface area contributed by atoms with E-state index < -0.39 is 6.10 Å². The highest BCUT2D eigenvalue weighted by Gasteiger charge is 2.09. The van der Waals surface area contributed by atoms with E-state index in [4.69, 9.17) is 5.11 Å². The van der Waals surface area contributed by atoms with Gasteiger partial charge in [0.05, 0.1) is 12.7 Å². The monoisotopic (exact) mass is 314 g/mol. The van der Waals surface area contributed by atoms with E-state index in [1.165, 1.54) is 0 Å². The highest BCUT2D eigenvalue weighted by molar-refractivity contribution is 6.04. The molecular formula is C18H22N2O3. The third-order valence-corrected chi connectivity index (χ3v) is 3.55. The number of amides is 1. The molecule has 5 nitrogen and oxygen atoms in total. The minimum atomic E-state index is -0.818. The number of carbonyl (C=O) groups is 1. The van der Waals surface area contributed by atoms with E-state index in [-0.39, 0.29) is 19.1 Å². The van der Waals surface area contributed by atoms with Crippen molar-refractivity contribution in [3.63, 3.8) is 0 Å². The molecule has 0 aromatic heterocycles. The molecule has 2 aromatic rings. The summed E-state index contributed by atoms with van der Waals surface area (Å²) in [5.74, 6) is -0.166. The first kappa shape index (κ1) is 17.0. The number of hydrogen-bond acceptors (Lipinski definition) is 4. The molecule has 1 amide bonds. The predicted octanol–water partition coefficient (Wildman–Crippen LogP) is 2.32. The highest BCUT2D eigenvalue weighted by Crippen LogP contribution is 2.21. The van der Waals surface area contributed by atoms with E-state index in [0.29, 0.717) is 11.3 Å². The molecule has 1 atom stereocenters. The SMILES string of the molecule is Cc1ccc(C(=O)Nc2cc(NCC(O)CO)ccc2C)cc1. The number of benzene rings is 2. The molecule has 0 saturated heterocycles. The topological polar surface area (TPSA) is 81.6 Å². The minimum absolute atomic E-state index is 0.166. The zero-order chi connectivity index (χ0) is 16.8. The molecule has 0 aliphatic heterocycles. The van der Waals surface area contributed by atoms with Crippen LogP contribution < -0.4 is 10.6 Å². The number of carbonyl (C=O) groups excluding carboxylic acids is 1. The van der Waals surface area contributed by atoms with Crippen LogP contribution in [0.3, 0.4) is 0 Å². The number of aliphatic hydroxyl groups excluding tert-OH is 2. The van der Waals surface area contributed by atoms with E-state index >= 15 is 0 Å². The van der Waals surface area contributed by atoms with Crippen molar-refractivity contribution in [3.8, 4) is 0 Å². The Kier molecular flexibility index (Phi) is 5.73. The number of hydrogen-bond donors (Lipinski definition) is 4. The molecule has 2 aromatic carbocycles. The Hall–Kier alpha value is -2.37. The summed E-state index contributed by atoms with van der Waals surface area (Å²) in [6.07, 6.45) is -0.818. The van der Waals surface area contributed by atoms with Crippen LogP contribution >= 0.6 is 0 Å². The largest absolute Gasteiger partial charge is 0.394 e. The van der Waals surface area contributed by atoms with Crippen molar-refractivity contribution in [2.45, 2.75) is 20.0 Å². The molecule has 1 unspecified atom stereocenters. The van der Waals surface area contributed by atoms with Crippen LogP contribution in [0.1, 0.15) is 21.5 Å². The fourth-order valence-electron chi connectivity index (χ4n) is 2.07. The molecule has 23 heavy (non-hydrogen) atoms. The number of aryl methyl sites for hydroxylation is 2. The second kappa shape index (κ2) is 7.76. The zero-order valence-electron chi connectivity index (χ0n) is 13.3. The first-order chi connectivity index (χ1) is 11.0. The van der Waals surface area contributed by atoms with Gasteiger partial charge in [-0.2, -0.15) is 0 Å². The van der Waals surface area contributed by atoms with Crippen LogP contribution in [0.25, 0.3) is 0 Å². The Balaban J connectivity index is 2.09. The van der Waals surface area contributed by atoms with Gasteiger partial charge in [-0.15, -0.1) is 0 Å². The lowest BCUT2D eigenvalue weighted by atomic mass is 10.1. The second-order valence-corrected chi connectivity index (χ2v) is 5.57. The standard InChI is InChI=1S/C18H22N2O3/c1-12-3-6-14(7-4-12)18(23)20-17-9-15(8-5-13(17)2)19-10-16(22)11-21/h3-9,16,19,21-22H,10-11H2,1-2H3,(H,20,23). The molecule has 0 spiro atoms. The van der Waals surface area contributed by atoms with Gasteiger partial charge in [-0.25, -0.2) is 0 Å². The first-order valence-corrected chi connectivity index (χ1v) is 7.51. The molecule has 122 valence electrons. The summed E-state index contributed by atoms with van der Waals surface area (Å²) in [6, 6.07) is 12.9. The van der Waals surface area contributed by atoms with Crippen molar-refractivity contribution in [2.24, 2.45) is 0 Å². The van der Waals surface area contributed by atoms with Crippen LogP contribution in [0.2, 0.25) is 0 Å². The van der Waals surface area contributed by atoms with E-state index in [2.05, 4.69) is 10.6 Å². The molecule has 0 bridgehead atoms. The first-order valence-electron chi connectivity index (χ1n) is 7.51. The van der Waals surface area contributed by atoms with Gasteiger partial charge in [-0.1, -0.05) is 23.8 Å². The minimum Gasteiger partial charge on any atom is -0.394 e. The maximum atomic E-state index is 12.3. The van der Waals surface area contributed by atoms with Gasteiger partial charge in [0.15, 0.2) is 0 Å². The quantitative estimate of drug-likeness (QED) is 0.659. The van der Waals surface area contributed by atoms with Gasteiger partial charge in [-0.05, 0) is 43.7 Å². The van der Waals surface area contributed by atoms with Crippen molar-refractivity contribution in [1.29, 1.82) is 0 Å². The summed E-state index contributed by atoms with van der Waals surface area (Å²) in [5.41, 5.74) is 4.12. The third-order valence-electron chi connectivity index (χ3n) is 3.55. The average molecular weight is 314 g/mol. The fourth-order valence-corrected chi connectivity index (χ4v) is 2.07. The molecule has 5 heteroatoms. The van der Waals surface area contributed by atoms with Gasteiger partial charge in [0.25, 0.3) is 5.91 Å². The van der Waals surface area contributed by atoms with Crippen molar-refractivity contribution >= 4 is 17.3 Å². The Labute approximate surface area is 136 Å². The average Bonchev–Trinajstić information content (AvgIpc) is 2.55. The van der Waals surface area contributed by atoms with Crippen LogP contribution in [0, 0.1) is 13.8 Å². The summed E-state index contributed by atoms with van der Waals surface area (Å²) in [4.78, 5) is 12.3. The van der Waals surface area contributed by atoms with Gasteiger partial charge >= 0.3 is 0 Å². The van der Waals surface area contributed by atoms with Crippen LogP contribution in [-0.2, 0) is 0 Å². The molecule has 0 aliphatic carbocycles. The van der Waals surface area contributed by atoms with Crippen molar-refractivity contribution in [1.82, 2.24) is 0 Å². The summed E-state index contributed by atoms with van der Waals surface area (Å²) in [5, 5.41) is 24.1. The number of anilines is 2. The number of aliphatic hydroxyl groups is 2. The molecule has 4 N–H and O–H groups in total. The summed E-state index contributed by atoms with van der Waals surface area (Å²) >= 11 is 0. The number of nitrogens with one attached hydrogen (secondary N) is 2. The maximum Gasteiger partial charge on any atom is 0.255 e. The van der Waals surface area contributed by atoms with E-state index in [1.54, 1.807) is 12.1 Å². The van der Waals surface area contributed by atoms with Crippen molar-refractivity contribution in [3.05, 3.63) is 59.2 Å². The molecule has 0 fully saturated rings.